The van der Waals surface area contributed by atoms with Crippen molar-refractivity contribution in [3.63, 3.8) is 0 Å². The van der Waals surface area contributed by atoms with Crippen LogP contribution in [-0.4, -0.2) is 16.7 Å². The lowest BCUT2D eigenvalue weighted by molar-refractivity contribution is 0.423. The number of benzene rings is 2. The van der Waals surface area contributed by atoms with Gasteiger partial charge in [-0.1, -0.05) is 41.0 Å². The maximum atomic E-state index is 5.95. The summed E-state index contributed by atoms with van der Waals surface area (Å²) in [4.78, 5) is 4.38. The second-order valence-corrected chi connectivity index (χ2v) is 5.01. The van der Waals surface area contributed by atoms with Crippen molar-refractivity contribution in [1.29, 1.82) is 0 Å². The third kappa shape index (κ3) is 3.61. The highest BCUT2D eigenvalue weighted by Gasteiger charge is 2.08. The fraction of sp³-hybridized carbons (Fsp3) is 0.125. The lowest BCUT2D eigenvalue weighted by Crippen LogP contribution is -2.05. The quantitative estimate of drug-likeness (QED) is 0.772. The molecule has 3 rings (SSSR count). The van der Waals surface area contributed by atoms with Crippen LogP contribution < -0.4 is 5.32 Å². The van der Waals surface area contributed by atoms with E-state index in [0.29, 0.717) is 23.2 Å². The van der Waals surface area contributed by atoms with E-state index in [1.807, 2.05) is 48.5 Å². The van der Waals surface area contributed by atoms with Gasteiger partial charge < -0.3 is 9.84 Å². The van der Waals surface area contributed by atoms with E-state index in [-0.39, 0.29) is 0 Å². The predicted molar refractivity (Wildman–Crippen MR) is 83.4 cm³/mol. The van der Waals surface area contributed by atoms with Crippen molar-refractivity contribution >= 4 is 17.3 Å². The van der Waals surface area contributed by atoms with Gasteiger partial charge in [-0.05, 0) is 30.3 Å². The van der Waals surface area contributed by atoms with Crippen molar-refractivity contribution in [2.45, 2.75) is 6.42 Å². The largest absolute Gasteiger partial charge is 0.385 e. The van der Waals surface area contributed by atoms with Crippen molar-refractivity contribution in [1.82, 2.24) is 10.1 Å². The Bertz CT molecular complexity index is 712. The minimum Gasteiger partial charge on any atom is -0.385 e. The number of nitrogens with one attached hydrogen (secondary N) is 1. The number of nitrogens with zero attached hydrogens (tertiary/aromatic N) is 2. The molecule has 0 aliphatic rings. The molecule has 2 aromatic carbocycles. The zero-order chi connectivity index (χ0) is 14.5. The molecule has 3 aromatic rings. The number of para-hydroxylation sites is 1. The lowest BCUT2D eigenvalue weighted by Gasteiger charge is -2.03. The summed E-state index contributed by atoms with van der Waals surface area (Å²) in [6.07, 6.45) is 0.693. The zero-order valence-electron chi connectivity index (χ0n) is 11.3. The van der Waals surface area contributed by atoms with Crippen LogP contribution in [0.3, 0.4) is 0 Å². The minimum atomic E-state index is 0.493. The second kappa shape index (κ2) is 6.41. The van der Waals surface area contributed by atoms with Gasteiger partial charge in [-0.3, -0.25) is 0 Å². The Morgan fingerprint density at radius 3 is 2.71 bits per heavy atom. The van der Waals surface area contributed by atoms with Crippen LogP contribution in [0.25, 0.3) is 11.5 Å². The summed E-state index contributed by atoms with van der Waals surface area (Å²) in [5, 5.41) is 7.94. The molecule has 0 bridgehead atoms. The Balaban J connectivity index is 1.60. The molecular formula is C16H14ClN3O. The van der Waals surface area contributed by atoms with Gasteiger partial charge >= 0.3 is 0 Å². The Labute approximate surface area is 127 Å². The Morgan fingerprint density at radius 2 is 1.90 bits per heavy atom. The predicted octanol–water partition coefficient (Wildman–Crippen LogP) is 4.04. The van der Waals surface area contributed by atoms with Gasteiger partial charge in [-0.25, -0.2) is 0 Å². The molecule has 1 N–H and O–H groups in total. The van der Waals surface area contributed by atoms with Crippen LogP contribution in [0.2, 0.25) is 5.02 Å². The van der Waals surface area contributed by atoms with Crippen molar-refractivity contribution in [2.24, 2.45) is 0 Å². The molecule has 0 amide bonds. The summed E-state index contributed by atoms with van der Waals surface area (Å²) >= 11 is 5.95. The summed E-state index contributed by atoms with van der Waals surface area (Å²) in [6.45, 7) is 0.749. The van der Waals surface area contributed by atoms with Crippen molar-refractivity contribution in [2.75, 3.05) is 11.9 Å². The fourth-order valence-electron chi connectivity index (χ4n) is 1.97. The highest BCUT2D eigenvalue weighted by Crippen LogP contribution is 2.20. The number of rotatable bonds is 5. The van der Waals surface area contributed by atoms with Crippen LogP contribution in [0.4, 0.5) is 5.69 Å². The SMILES string of the molecule is Clc1cccc(-c2nc(CCNc3ccccc3)no2)c1. The van der Waals surface area contributed by atoms with Gasteiger partial charge in [0.2, 0.25) is 0 Å². The lowest BCUT2D eigenvalue weighted by atomic mass is 10.2. The standard InChI is InChI=1S/C16H14ClN3O/c17-13-6-4-5-12(11-13)16-19-15(20-21-16)9-10-18-14-7-2-1-3-8-14/h1-8,11,18H,9-10H2. The first-order valence-electron chi connectivity index (χ1n) is 6.69. The number of hydrogen-bond acceptors (Lipinski definition) is 4. The van der Waals surface area contributed by atoms with E-state index in [9.17, 15) is 0 Å². The third-order valence-corrected chi connectivity index (χ3v) is 3.23. The average molecular weight is 300 g/mol. The summed E-state index contributed by atoms with van der Waals surface area (Å²) in [6, 6.07) is 17.4. The van der Waals surface area contributed by atoms with E-state index in [0.717, 1.165) is 17.8 Å². The first-order valence-corrected chi connectivity index (χ1v) is 7.06. The first kappa shape index (κ1) is 13.6. The van der Waals surface area contributed by atoms with Gasteiger partial charge in [0.25, 0.3) is 5.89 Å². The van der Waals surface area contributed by atoms with Crippen molar-refractivity contribution < 1.29 is 4.52 Å². The highest BCUT2D eigenvalue weighted by atomic mass is 35.5. The van der Waals surface area contributed by atoms with Gasteiger partial charge in [-0.15, -0.1) is 0 Å². The van der Waals surface area contributed by atoms with Crippen LogP contribution in [0.1, 0.15) is 5.82 Å². The molecule has 0 unspecified atom stereocenters. The van der Waals surface area contributed by atoms with E-state index in [2.05, 4.69) is 15.5 Å². The molecule has 0 aliphatic carbocycles. The number of anilines is 1. The van der Waals surface area contributed by atoms with Crippen LogP contribution in [0.5, 0.6) is 0 Å². The molecule has 0 saturated carbocycles. The van der Waals surface area contributed by atoms with Crippen LogP contribution in [0, 0.1) is 0 Å². The summed E-state index contributed by atoms with van der Waals surface area (Å²) in [5.74, 6) is 1.17. The normalized spacial score (nSPS) is 10.5. The van der Waals surface area contributed by atoms with E-state index in [4.69, 9.17) is 16.1 Å². The van der Waals surface area contributed by atoms with Gasteiger partial charge in [-0.2, -0.15) is 4.98 Å². The molecule has 1 heterocycles. The van der Waals surface area contributed by atoms with Gasteiger partial charge in [0.15, 0.2) is 5.82 Å². The van der Waals surface area contributed by atoms with Crippen LogP contribution in [0.15, 0.2) is 59.1 Å². The number of aromatic nitrogens is 2. The Morgan fingerprint density at radius 1 is 1.05 bits per heavy atom. The van der Waals surface area contributed by atoms with Gasteiger partial charge in [0, 0.05) is 29.2 Å². The van der Waals surface area contributed by atoms with Gasteiger partial charge in [0.05, 0.1) is 0 Å². The van der Waals surface area contributed by atoms with E-state index < -0.39 is 0 Å². The zero-order valence-corrected chi connectivity index (χ0v) is 12.0. The molecule has 5 heteroatoms. The monoisotopic (exact) mass is 299 g/mol. The minimum absolute atomic E-state index is 0.493. The smallest absolute Gasteiger partial charge is 0.257 e. The molecule has 0 aliphatic heterocycles. The number of halogens is 1. The molecule has 0 atom stereocenters. The molecular weight excluding hydrogens is 286 g/mol. The van der Waals surface area contributed by atoms with E-state index in [1.165, 1.54) is 0 Å². The molecule has 0 saturated heterocycles. The second-order valence-electron chi connectivity index (χ2n) is 4.57. The van der Waals surface area contributed by atoms with Crippen LogP contribution in [-0.2, 0) is 6.42 Å². The number of hydrogen-bond donors (Lipinski definition) is 1. The van der Waals surface area contributed by atoms with Crippen molar-refractivity contribution in [3.05, 3.63) is 65.4 Å². The first-order chi connectivity index (χ1) is 10.3. The molecule has 1 aromatic heterocycles. The fourth-order valence-corrected chi connectivity index (χ4v) is 2.16. The van der Waals surface area contributed by atoms with Crippen molar-refractivity contribution in [3.8, 4) is 11.5 Å². The van der Waals surface area contributed by atoms with Gasteiger partial charge in [0.1, 0.15) is 0 Å². The van der Waals surface area contributed by atoms with Crippen LogP contribution >= 0.6 is 11.6 Å². The Hall–Kier alpha value is -2.33. The molecule has 0 radical (unpaired) electrons. The maximum Gasteiger partial charge on any atom is 0.257 e. The topological polar surface area (TPSA) is 51.0 Å². The highest BCUT2D eigenvalue weighted by molar-refractivity contribution is 6.30. The Kier molecular flexibility index (Phi) is 4.17. The summed E-state index contributed by atoms with van der Waals surface area (Å²) in [7, 11) is 0. The van der Waals surface area contributed by atoms with E-state index >= 15 is 0 Å². The third-order valence-electron chi connectivity index (χ3n) is 2.99. The molecule has 21 heavy (non-hydrogen) atoms. The molecule has 0 spiro atoms. The molecule has 106 valence electrons. The average Bonchev–Trinajstić information content (AvgIpc) is 2.97. The molecule has 4 nitrogen and oxygen atoms in total. The maximum absolute atomic E-state index is 5.95. The molecule has 0 fully saturated rings. The summed E-state index contributed by atoms with van der Waals surface area (Å²) in [5.41, 5.74) is 1.91. The summed E-state index contributed by atoms with van der Waals surface area (Å²) < 4.78 is 5.26. The van der Waals surface area contributed by atoms with E-state index in [1.54, 1.807) is 6.07 Å².